The van der Waals surface area contributed by atoms with Crippen LogP contribution in [0.3, 0.4) is 0 Å². The molecule has 2 amide bonds. The second kappa shape index (κ2) is 17.6. The molecule has 1 aromatic carbocycles. The van der Waals surface area contributed by atoms with Gasteiger partial charge in [0, 0.05) is 19.6 Å². The fourth-order valence-corrected chi connectivity index (χ4v) is 5.91. The van der Waals surface area contributed by atoms with Crippen LogP contribution in [0.1, 0.15) is 77.7 Å². The van der Waals surface area contributed by atoms with E-state index in [1.807, 2.05) is 44.2 Å². The molecule has 240 valence electrons. The number of hydroxylamine groups is 1. The predicted octanol–water partition coefficient (Wildman–Crippen LogP) is 3.38. The van der Waals surface area contributed by atoms with Crippen molar-refractivity contribution in [2.45, 2.75) is 90.8 Å². The quantitative estimate of drug-likeness (QED) is 0.126. The molecule has 43 heavy (non-hydrogen) atoms. The molecule has 0 bridgehead atoms. The van der Waals surface area contributed by atoms with E-state index in [1.54, 1.807) is 19.1 Å². The van der Waals surface area contributed by atoms with Gasteiger partial charge < -0.3 is 19.9 Å². The van der Waals surface area contributed by atoms with Crippen molar-refractivity contribution >= 4 is 23.7 Å². The molecular weight excluding hydrogens is 552 g/mol. The van der Waals surface area contributed by atoms with E-state index in [2.05, 4.69) is 10.9 Å². The molecule has 0 radical (unpaired) electrons. The predicted molar refractivity (Wildman–Crippen MR) is 162 cm³/mol. The van der Waals surface area contributed by atoms with Gasteiger partial charge >= 0.3 is 0 Å². The van der Waals surface area contributed by atoms with Gasteiger partial charge in [0.1, 0.15) is 0 Å². The number of benzene rings is 1. The van der Waals surface area contributed by atoms with Gasteiger partial charge in [0.2, 0.25) is 11.8 Å². The standard InChI is InChI=1S/C32H50N4O7/c1-22(2)21-25(30(38)35-34)28(31(39)36-43-27-14-8-10-19-41-27)32(29(37)23(3)33,16-15-24-11-5-4-6-12-24)17-20-42-26-13-7-9-18-40-26/h4-6,11-12,15-16,22-23,25-28H,7-10,13-14,17-21,33-34H2,1-3H3,(H,35,38)(H,36,39)/b16-15+/t23-,25-,26?,27?,28-,32?/m1/s1. The fraction of sp³-hybridized carbons (Fsp3) is 0.656. The number of allylic oxidation sites excluding steroid dienone is 1. The van der Waals surface area contributed by atoms with E-state index < -0.39 is 53.5 Å². The molecule has 2 heterocycles. The second-order valence-corrected chi connectivity index (χ2v) is 12.0. The van der Waals surface area contributed by atoms with Gasteiger partial charge in [-0.15, -0.1) is 0 Å². The lowest BCUT2D eigenvalue weighted by Crippen LogP contribution is -2.57. The lowest BCUT2D eigenvalue weighted by atomic mass is 9.61. The first kappa shape index (κ1) is 34.8. The Morgan fingerprint density at radius 3 is 2.21 bits per heavy atom. The number of ketones is 1. The first-order chi connectivity index (χ1) is 20.7. The highest BCUT2D eigenvalue weighted by atomic mass is 16.8. The van der Waals surface area contributed by atoms with Crippen LogP contribution in [0.5, 0.6) is 0 Å². The Hall–Kier alpha value is -2.67. The third-order valence-electron chi connectivity index (χ3n) is 8.08. The topological polar surface area (TPSA) is 164 Å². The molecule has 1 aromatic rings. The Kier molecular flexibility index (Phi) is 14.2. The Bertz CT molecular complexity index is 1040. The Morgan fingerprint density at radius 1 is 1.00 bits per heavy atom. The second-order valence-electron chi connectivity index (χ2n) is 12.0. The van der Waals surface area contributed by atoms with Gasteiger partial charge in [-0.3, -0.25) is 19.8 Å². The molecule has 2 aliphatic rings. The number of amides is 2. The molecule has 0 aliphatic carbocycles. The van der Waals surface area contributed by atoms with Gasteiger partial charge in [-0.2, -0.15) is 0 Å². The van der Waals surface area contributed by atoms with Gasteiger partial charge in [-0.25, -0.2) is 16.2 Å². The van der Waals surface area contributed by atoms with Gasteiger partial charge in [0.15, 0.2) is 18.4 Å². The number of rotatable bonds is 16. The minimum absolute atomic E-state index is 0.00621. The molecule has 11 heteroatoms. The van der Waals surface area contributed by atoms with Crippen molar-refractivity contribution in [1.82, 2.24) is 10.9 Å². The molecule has 2 saturated heterocycles. The molecule has 6 atom stereocenters. The number of hydrazine groups is 1. The summed E-state index contributed by atoms with van der Waals surface area (Å²) in [7, 11) is 0. The van der Waals surface area contributed by atoms with Crippen molar-refractivity contribution in [3.05, 3.63) is 42.0 Å². The first-order valence-corrected chi connectivity index (χ1v) is 15.5. The monoisotopic (exact) mass is 602 g/mol. The third-order valence-corrected chi connectivity index (χ3v) is 8.08. The van der Waals surface area contributed by atoms with Crippen LogP contribution < -0.4 is 22.5 Å². The number of nitrogens with one attached hydrogen (secondary N) is 2. The number of hydrogen-bond donors (Lipinski definition) is 4. The maximum atomic E-state index is 14.3. The van der Waals surface area contributed by atoms with E-state index in [-0.39, 0.29) is 25.4 Å². The summed E-state index contributed by atoms with van der Waals surface area (Å²) in [6.07, 6.45) is 7.88. The average Bonchev–Trinajstić information content (AvgIpc) is 3.02. The van der Waals surface area contributed by atoms with Crippen molar-refractivity contribution in [1.29, 1.82) is 0 Å². The molecule has 3 unspecified atom stereocenters. The zero-order chi connectivity index (χ0) is 31.2. The maximum absolute atomic E-state index is 14.3. The van der Waals surface area contributed by atoms with Gasteiger partial charge in [0.25, 0.3) is 0 Å². The van der Waals surface area contributed by atoms with Crippen molar-refractivity contribution in [3.8, 4) is 0 Å². The summed E-state index contributed by atoms with van der Waals surface area (Å²) in [5.41, 5.74) is 10.3. The average molecular weight is 603 g/mol. The zero-order valence-electron chi connectivity index (χ0n) is 25.8. The Morgan fingerprint density at radius 2 is 1.65 bits per heavy atom. The lowest BCUT2D eigenvalue weighted by Gasteiger charge is -2.41. The minimum Gasteiger partial charge on any atom is -0.353 e. The molecule has 3 rings (SSSR count). The van der Waals surface area contributed by atoms with Crippen LogP contribution >= 0.6 is 0 Å². The number of nitrogens with two attached hydrogens (primary N) is 2. The summed E-state index contributed by atoms with van der Waals surface area (Å²) >= 11 is 0. The van der Waals surface area contributed by atoms with Gasteiger partial charge in [-0.05, 0) is 63.4 Å². The highest BCUT2D eigenvalue weighted by Crippen LogP contribution is 2.43. The molecule has 11 nitrogen and oxygen atoms in total. The third kappa shape index (κ3) is 10.2. The number of Topliss-reactive ketones (excluding diaryl/α,β-unsaturated/α-hetero) is 1. The van der Waals surface area contributed by atoms with Crippen molar-refractivity contribution < 1.29 is 33.4 Å². The van der Waals surface area contributed by atoms with Crippen LogP contribution in [0.4, 0.5) is 0 Å². The summed E-state index contributed by atoms with van der Waals surface area (Å²) in [4.78, 5) is 47.7. The van der Waals surface area contributed by atoms with E-state index in [0.717, 1.165) is 37.7 Å². The maximum Gasteiger partial charge on any atom is 0.248 e. The van der Waals surface area contributed by atoms with E-state index >= 15 is 0 Å². The Balaban J connectivity index is 2.11. The summed E-state index contributed by atoms with van der Waals surface area (Å²) in [5, 5.41) is 0. The van der Waals surface area contributed by atoms with Crippen LogP contribution in [0.15, 0.2) is 36.4 Å². The number of ether oxygens (including phenoxy) is 3. The SMILES string of the molecule is CC(C)C[C@@H](C(=O)NN)[C@H](C(=O)NOC1CCCCO1)C(/C=C/c1ccccc1)(CCOC1CCCCO1)C(=O)[C@@H](C)N. The number of carbonyl (C=O) groups is 3. The largest absolute Gasteiger partial charge is 0.353 e. The fourth-order valence-electron chi connectivity index (χ4n) is 5.91. The van der Waals surface area contributed by atoms with Crippen molar-refractivity contribution in [2.24, 2.45) is 34.7 Å². The van der Waals surface area contributed by atoms with Crippen LogP contribution in [0.2, 0.25) is 0 Å². The molecule has 6 N–H and O–H groups in total. The first-order valence-electron chi connectivity index (χ1n) is 15.5. The summed E-state index contributed by atoms with van der Waals surface area (Å²) in [6, 6.07) is 8.47. The normalized spacial score (nSPS) is 22.8. The number of hydrogen-bond acceptors (Lipinski definition) is 9. The van der Waals surface area contributed by atoms with Crippen molar-refractivity contribution in [3.63, 3.8) is 0 Å². The van der Waals surface area contributed by atoms with E-state index in [1.165, 1.54) is 0 Å². The van der Waals surface area contributed by atoms with Crippen LogP contribution in [0, 0.1) is 23.2 Å². The minimum atomic E-state index is -1.56. The molecule has 0 saturated carbocycles. The van der Waals surface area contributed by atoms with Crippen LogP contribution in [-0.4, -0.2) is 56.0 Å². The van der Waals surface area contributed by atoms with E-state index in [0.29, 0.717) is 19.6 Å². The summed E-state index contributed by atoms with van der Waals surface area (Å²) in [5.74, 6) is 1.83. The highest BCUT2D eigenvalue weighted by Gasteiger charge is 2.53. The van der Waals surface area contributed by atoms with Crippen LogP contribution in [0.25, 0.3) is 6.08 Å². The molecule has 2 fully saturated rings. The number of carbonyl (C=O) groups excluding carboxylic acids is 3. The summed E-state index contributed by atoms with van der Waals surface area (Å²) < 4.78 is 17.5. The smallest absolute Gasteiger partial charge is 0.248 e. The molecule has 0 aromatic heterocycles. The summed E-state index contributed by atoms with van der Waals surface area (Å²) in [6.45, 7) is 6.68. The van der Waals surface area contributed by atoms with E-state index in [9.17, 15) is 14.4 Å². The lowest BCUT2D eigenvalue weighted by molar-refractivity contribution is -0.205. The molecule has 2 aliphatic heterocycles. The van der Waals surface area contributed by atoms with E-state index in [4.69, 9.17) is 30.6 Å². The van der Waals surface area contributed by atoms with Crippen LogP contribution in [-0.2, 0) is 33.4 Å². The molecular formula is C32H50N4O7. The van der Waals surface area contributed by atoms with Gasteiger partial charge in [0.05, 0.1) is 29.9 Å². The Labute approximate surface area is 255 Å². The zero-order valence-corrected chi connectivity index (χ0v) is 25.8. The van der Waals surface area contributed by atoms with Gasteiger partial charge in [-0.1, -0.05) is 56.3 Å². The van der Waals surface area contributed by atoms with Crippen molar-refractivity contribution in [2.75, 3.05) is 19.8 Å². The molecule has 0 spiro atoms. The highest BCUT2D eigenvalue weighted by molar-refractivity contribution is 5.99.